The zero-order valence-corrected chi connectivity index (χ0v) is 18.7. The van der Waals surface area contributed by atoms with Crippen LogP contribution in [0.3, 0.4) is 0 Å². The minimum Gasteiger partial charge on any atom is -0.344 e. The maximum absolute atomic E-state index is 12.8. The van der Waals surface area contributed by atoms with E-state index in [4.69, 9.17) is 5.26 Å². The molecule has 2 aromatic carbocycles. The second-order valence-electron chi connectivity index (χ2n) is 9.18. The lowest BCUT2D eigenvalue weighted by molar-refractivity contribution is -0.136. The van der Waals surface area contributed by atoms with Crippen molar-refractivity contribution in [3.8, 4) is 6.07 Å². The molecule has 1 saturated carbocycles. The lowest BCUT2D eigenvalue weighted by atomic mass is 10.0. The fourth-order valence-electron chi connectivity index (χ4n) is 5.27. The molecule has 6 nitrogen and oxygen atoms in total. The molecule has 2 amide bonds. The molecule has 0 unspecified atom stereocenters. The average molecular weight is 441 g/mol. The number of piperidine rings is 1. The van der Waals surface area contributed by atoms with Crippen LogP contribution in [0.15, 0.2) is 54.7 Å². The number of fused-ring (bicyclic) bond motifs is 1. The first-order valence-electron chi connectivity index (χ1n) is 11.8. The topological polar surface area (TPSA) is 78.1 Å². The van der Waals surface area contributed by atoms with Crippen molar-refractivity contribution >= 4 is 28.4 Å². The standard InChI is InChI=1S/C27H28N4O2/c28-18-19-4-3-7-22(16-19)26(32)29-23-9-8-20-10-15-31(25(20)17-23)24-11-13-30(14-12-24)27(33)21-5-1-2-6-21/h3-4,7-10,15-17,21,24H,1-2,5-6,11-14H2,(H,29,32). The predicted molar refractivity (Wildman–Crippen MR) is 128 cm³/mol. The van der Waals surface area contributed by atoms with Crippen LogP contribution in [-0.4, -0.2) is 34.4 Å². The van der Waals surface area contributed by atoms with Gasteiger partial charge < -0.3 is 14.8 Å². The first-order valence-corrected chi connectivity index (χ1v) is 11.8. The molecule has 168 valence electrons. The summed E-state index contributed by atoms with van der Waals surface area (Å²) in [6.07, 6.45) is 8.48. The van der Waals surface area contributed by atoms with Crippen molar-refractivity contribution in [3.05, 3.63) is 65.9 Å². The van der Waals surface area contributed by atoms with Gasteiger partial charge in [-0.1, -0.05) is 25.0 Å². The first-order chi connectivity index (χ1) is 16.1. The molecular weight excluding hydrogens is 412 g/mol. The average Bonchev–Trinajstić information content (AvgIpc) is 3.54. The molecule has 1 saturated heterocycles. The van der Waals surface area contributed by atoms with Crippen LogP contribution in [0.1, 0.15) is 60.5 Å². The van der Waals surface area contributed by atoms with Gasteiger partial charge in [0.15, 0.2) is 0 Å². The van der Waals surface area contributed by atoms with E-state index < -0.39 is 0 Å². The smallest absolute Gasteiger partial charge is 0.255 e. The third-order valence-corrected chi connectivity index (χ3v) is 7.11. The summed E-state index contributed by atoms with van der Waals surface area (Å²) in [4.78, 5) is 27.5. The van der Waals surface area contributed by atoms with E-state index in [9.17, 15) is 9.59 Å². The largest absolute Gasteiger partial charge is 0.344 e. The summed E-state index contributed by atoms with van der Waals surface area (Å²) < 4.78 is 2.29. The number of nitrogens with one attached hydrogen (secondary N) is 1. The van der Waals surface area contributed by atoms with Crippen LogP contribution in [-0.2, 0) is 4.79 Å². The van der Waals surface area contributed by atoms with Crippen molar-refractivity contribution in [2.45, 2.75) is 44.6 Å². The molecule has 0 bridgehead atoms. The molecule has 5 rings (SSSR count). The Bertz CT molecular complexity index is 1220. The van der Waals surface area contributed by atoms with Gasteiger partial charge in [0.1, 0.15) is 0 Å². The maximum atomic E-state index is 12.8. The lowest BCUT2D eigenvalue weighted by Crippen LogP contribution is -2.41. The monoisotopic (exact) mass is 440 g/mol. The van der Waals surface area contributed by atoms with Crippen LogP contribution in [0.4, 0.5) is 5.69 Å². The number of anilines is 1. The Morgan fingerprint density at radius 2 is 1.76 bits per heavy atom. The van der Waals surface area contributed by atoms with Crippen molar-refractivity contribution in [3.63, 3.8) is 0 Å². The third-order valence-electron chi connectivity index (χ3n) is 7.11. The Labute approximate surface area is 193 Å². The minimum absolute atomic E-state index is 0.233. The number of hydrogen-bond donors (Lipinski definition) is 1. The van der Waals surface area contributed by atoms with Crippen molar-refractivity contribution < 1.29 is 9.59 Å². The number of nitriles is 1. The van der Waals surface area contributed by atoms with Crippen molar-refractivity contribution in [2.75, 3.05) is 18.4 Å². The SMILES string of the molecule is N#Cc1cccc(C(=O)Nc2ccc3ccn(C4CCN(C(=O)C5CCCC5)CC4)c3c2)c1. The maximum Gasteiger partial charge on any atom is 0.255 e. The van der Waals surface area contributed by atoms with Gasteiger partial charge in [0.05, 0.1) is 17.1 Å². The Morgan fingerprint density at radius 3 is 2.52 bits per heavy atom. The summed E-state index contributed by atoms with van der Waals surface area (Å²) in [6, 6.07) is 17.1. The molecule has 6 heteroatoms. The molecule has 3 aromatic rings. The Kier molecular flexibility index (Phi) is 5.87. The number of carbonyl (C=O) groups excluding carboxylic acids is 2. The van der Waals surface area contributed by atoms with E-state index in [1.807, 2.05) is 18.2 Å². The van der Waals surface area contributed by atoms with Crippen LogP contribution in [0.2, 0.25) is 0 Å². The number of likely N-dealkylation sites (tertiary alicyclic amines) is 1. The molecule has 2 heterocycles. The summed E-state index contributed by atoms with van der Waals surface area (Å²) in [7, 11) is 0. The third kappa shape index (κ3) is 4.36. The highest BCUT2D eigenvalue weighted by Gasteiger charge is 2.30. The van der Waals surface area contributed by atoms with Gasteiger partial charge in [-0.25, -0.2) is 0 Å². The number of nitrogens with zero attached hydrogens (tertiary/aromatic N) is 3. The highest BCUT2D eigenvalue weighted by atomic mass is 16.2. The number of benzene rings is 2. The molecule has 1 aliphatic carbocycles. The van der Waals surface area contributed by atoms with Crippen molar-refractivity contribution in [1.29, 1.82) is 5.26 Å². The lowest BCUT2D eigenvalue weighted by Gasteiger charge is -2.34. The number of hydrogen-bond acceptors (Lipinski definition) is 3. The molecule has 0 radical (unpaired) electrons. The molecule has 1 N–H and O–H groups in total. The molecule has 0 atom stereocenters. The normalized spacial score (nSPS) is 17.2. The molecule has 0 spiro atoms. The van der Waals surface area contributed by atoms with Gasteiger partial charge in [0.25, 0.3) is 5.91 Å². The van der Waals surface area contributed by atoms with E-state index in [0.717, 1.165) is 55.4 Å². The van der Waals surface area contributed by atoms with Gasteiger partial charge in [0.2, 0.25) is 5.91 Å². The fourth-order valence-corrected chi connectivity index (χ4v) is 5.27. The van der Waals surface area contributed by atoms with E-state index >= 15 is 0 Å². The Balaban J connectivity index is 1.29. The summed E-state index contributed by atoms with van der Waals surface area (Å²) in [5, 5.41) is 13.2. The van der Waals surface area contributed by atoms with Crippen LogP contribution in [0.5, 0.6) is 0 Å². The summed E-state index contributed by atoms with van der Waals surface area (Å²) in [5.41, 5.74) is 2.73. The highest BCUT2D eigenvalue weighted by molar-refractivity contribution is 6.05. The van der Waals surface area contributed by atoms with Crippen LogP contribution >= 0.6 is 0 Å². The zero-order chi connectivity index (χ0) is 22.8. The number of aromatic nitrogens is 1. The van der Waals surface area contributed by atoms with Gasteiger partial charge in [-0.2, -0.15) is 5.26 Å². The van der Waals surface area contributed by atoms with E-state index in [-0.39, 0.29) is 11.8 Å². The summed E-state index contributed by atoms with van der Waals surface area (Å²) in [5.74, 6) is 0.367. The highest BCUT2D eigenvalue weighted by Crippen LogP contribution is 2.32. The van der Waals surface area contributed by atoms with Gasteiger partial charge in [0, 0.05) is 42.5 Å². The number of carbonyl (C=O) groups is 2. The molecular formula is C27H28N4O2. The van der Waals surface area contributed by atoms with Crippen molar-refractivity contribution in [1.82, 2.24) is 9.47 Å². The molecule has 1 aromatic heterocycles. The van der Waals surface area contributed by atoms with Crippen LogP contribution in [0, 0.1) is 17.2 Å². The molecule has 2 aliphatic rings. The van der Waals surface area contributed by atoms with Gasteiger partial charge in [-0.3, -0.25) is 9.59 Å². The second-order valence-corrected chi connectivity index (χ2v) is 9.18. The molecule has 33 heavy (non-hydrogen) atoms. The first kappa shape index (κ1) is 21.3. The Hall–Kier alpha value is -3.59. The van der Waals surface area contributed by atoms with Gasteiger partial charge in [-0.05, 0) is 67.5 Å². The van der Waals surface area contributed by atoms with E-state index in [0.29, 0.717) is 23.1 Å². The molecule has 1 aliphatic heterocycles. The van der Waals surface area contributed by atoms with Crippen molar-refractivity contribution in [2.24, 2.45) is 5.92 Å². The van der Waals surface area contributed by atoms with E-state index in [2.05, 4.69) is 33.1 Å². The Morgan fingerprint density at radius 1 is 0.970 bits per heavy atom. The van der Waals surface area contributed by atoms with E-state index in [1.54, 1.807) is 24.3 Å². The fraction of sp³-hybridized carbons (Fsp3) is 0.370. The summed E-state index contributed by atoms with van der Waals surface area (Å²) >= 11 is 0. The number of rotatable bonds is 4. The zero-order valence-electron chi connectivity index (χ0n) is 18.7. The van der Waals surface area contributed by atoms with Crippen LogP contribution < -0.4 is 5.32 Å². The molecule has 2 fully saturated rings. The minimum atomic E-state index is -0.233. The second kappa shape index (κ2) is 9.11. The predicted octanol–water partition coefficient (Wildman–Crippen LogP) is 5.12. The van der Waals surface area contributed by atoms with E-state index in [1.165, 1.54) is 12.8 Å². The number of amides is 2. The van der Waals surface area contributed by atoms with Crippen LogP contribution in [0.25, 0.3) is 10.9 Å². The van der Waals surface area contributed by atoms with Gasteiger partial charge in [-0.15, -0.1) is 0 Å². The van der Waals surface area contributed by atoms with Gasteiger partial charge >= 0.3 is 0 Å². The quantitative estimate of drug-likeness (QED) is 0.612. The summed E-state index contributed by atoms with van der Waals surface area (Å²) in [6.45, 7) is 1.62.